The molecule has 0 heterocycles. The van der Waals surface area contributed by atoms with Crippen LogP contribution in [0.3, 0.4) is 0 Å². The zero-order valence-corrected chi connectivity index (χ0v) is 13.2. The fraction of sp³-hybridized carbons (Fsp3) is 0.846. The number of hydrogen-bond donors (Lipinski definition) is 0. The molecule has 0 aromatic rings. The SMILES string of the molecule is CCC[Si](OCC)(OCC)OC(C)C=C(C)C. The van der Waals surface area contributed by atoms with E-state index in [9.17, 15) is 0 Å². The smallest absolute Gasteiger partial charge is 0.374 e. The first kappa shape index (κ1) is 16.8. The largest absolute Gasteiger partial charge is 0.501 e. The molecule has 0 aromatic heterocycles. The zero-order chi connectivity index (χ0) is 13.3. The average molecular weight is 260 g/mol. The van der Waals surface area contributed by atoms with Crippen molar-refractivity contribution in [3.63, 3.8) is 0 Å². The van der Waals surface area contributed by atoms with E-state index < -0.39 is 8.80 Å². The van der Waals surface area contributed by atoms with Gasteiger partial charge in [-0.2, -0.15) is 0 Å². The average Bonchev–Trinajstić information content (AvgIpc) is 2.16. The van der Waals surface area contributed by atoms with Crippen molar-refractivity contribution in [3.05, 3.63) is 11.6 Å². The molecule has 0 rings (SSSR count). The van der Waals surface area contributed by atoms with Crippen LogP contribution < -0.4 is 0 Å². The number of rotatable bonds is 9. The number of hydrogen-bond acceptors (Lipinski definition) is 3. The van der Waals surface area contributed by atoms with Gasteiger partial charge in [0.05, 0.1) is 6.10 Å². The molecule has 0 spiro atoms. The summed E-state index contributed by atoms with van der Waals surface area (Å²) in [6, 6.07) is 0.885. The summed E-state index contributed by atoms with van der Waals surface area (Å²) in [5.74, 6) is 0. The van der Waals surface area contributed by atoms with Crippen molar-refractivity contribution in [1.82, 2.24) is 0 Å². The summed E-state index contributed by atoms with van der Waals surface area (Å²) in [5, 5.41) is 0. The van der Waals surface area contributed by atoms with E-state index in [-0.39, 0.29) is 6.10 Å². The van der Waals surface area contributed by atoms with Gasteiger partial charge in [-0.1, -0.05) is 25.0 Å². The normalized spacial score (nSPS) is 13.5. The molecule has 0 aliphatic carbocycles. The molecule has 17 heavy (non-hydrogen) atoms. The monoisotopic (exact) mass is 260 g/mol. The van der Waals surface area contributed by atoms with Crippen molar-refractivity contribution < 1.29 is 13.3 Å². The van der Waals surface area contributed by atoms with Gasteiger partial charge in [0, 0.05) is 19.3 Å². The summed E-state index contributed by atoms with van der Waals surface area (Å²) in [6.07, 6.45) is 3.18. The highest BCUT2D eigenvalue weighted by Gasteiger charge is 2.40. The Labute approximate surface area is 108 Å². The van der Waals surface area contributed by atoms with Gasteiger partial charge in [0.15, 0.2) is 0 Å². The Bertz CT molecular complexity index is 208. The molecular formula is C13H28O3Si. The van der Waals surface area contributed by atoms with E-state index in [0.29, 0.717) is 13.2 Å². The molecule has 0 aliphatic rings. The Morgan fingerprint density at radius 2 is 1.65 bits per heavy atom. The lowest BCUT2D eigenvalue weighted by molar-refractivity contribution is 0.0520. The van der Waals surface area contributed by atoms with Gasteiger partial charge in [-0.15, -0.1) is 0 Å². The fourth-order valence-electron chi connectivity index (χ4n) is 1.85. The minimum Gasteiger partial charge on any atom is -0.374 e. The van der Waals surface area contributed by atoms with Gasteiger partial charge >= 0.3 is 8.80 Å². The van der Waals surface area contributed by atoms with E-state index in [1.807, 2.05) is 20.8 Å². The first-order chi connectivity index (χ1) is 7.99. The summed E-state index contributed by atoms with van der Waals surface area (Å²) in [7, 11) is -2.47. The van der Waals surface area contributed by atoms with Gasteiger partial charge in [0.25, 0.3) is 0 Å². The molecule has 3 nitrogen and oxygen atoms in total. The van der Waals surface area contributed by atoms with Crippen LogP contribution in [0, 0.1) is 0 Å². The molecule has 0 amide bonds. The second-order valence-corrected chi connectivity index (χ2v) is 7.05. The van der Waals surface area contributed by atoms with Crippen LogP contribution in [-0.4, -0.2) is 28.1 Å². The molecule has 1 atom stereocenters. The maximum Gasteiger partial charge on any atom is 0.501 e. The van der Waals surface area contributed by atoms with E-state index >= 15 is 0 Å². The molecule has 0 bridgehead atoms. The van der Waals surface area contributed by atoms with E-state index in [2.05, 4.69) is 26.8 Å². The molecule has 0 radical (unpaired) electrons. The van der Waals surface area contributed by atoms with Crippen LogP contribution in [0.4, 0.5) is 0 Å². The minimum atomic E-state index is -2.47. The molecule has 0 aromatic carbocycles. The predicted octanol–water partition coefficient (Wildman–Crippen LogP) is 3.78. The van der Waals surface area contributed by atoms with Gasteiger partial charge in [-0.25, -0.2) is 0 Å². The quantitative estimate of drug-likeness (QED) is 0.466. The lowest BCUT2D eigenvalue weighted by Gasteiger charge is -2.30. The topological polar surface area (TPSA) is 27.7 Å². The van der Waals surface area contributed by atoms with Crippen molar-refractivity contribution >= 4 is 8.80 Å². The Hall–Kier alpha value is -0.163. The molecule has 4 heteroatoms. The minimum absolute atomic E-state index is 0.0521. The molecule has 0 N–H and O–H groups in total. The maximum absolute atomic E-state index is 6.09. The zero-order valence-electron chi connectivity index (χ0n) is 12.2. The Kier molecular flexibility index (Phi) is 8.77. The molecule has 0 saturated heterocycles. The van der Waals surface area contributed by atoms with Crippen LogP contribution in [0.15, 0.2) is 11.6 Å². The summed E-state index contributed by atoms with van der Waals surface area (Å²) in [4.78, 5) is 0. The van der Waals surface area contributed by atoms with Crippen LogP contribution in [0.5, 0.6) is 0 Å². The summed E-state index contributed by atoms with van der Waals surface area (Å²) < 4.78 is 17.7. The fourth-order valence-corrected chi connectivity index (χ4v) is 4.60. The Balaban J connectivity index is 4.68. The van der Waals surface area contributed by atoms with E-state index in [1.165, 1.54) is 5.57 Å². The standard InChI is InChI=1S/C13H28O3Si/c1-7-10-17(14-8-2,15-9-3)16-13(6)11-12(4)5/h11,13H,7-10H2,1-6H3. The number of allylic oxidation sites excluding steroid dienone is 1. The highest BCUT2D eigenvalue weighted by atomic mass is 28.4. The Morgan fingerprint density at radius 3 is 2.00 bits per heavy atom. The summed E-state index contributed by atoms with van der Waals surface area (Å²) in [5.41, 5.74) is 1.25. The molecule has 0 aliphatic heterocycles. The van der Waals surface area contributed by atoms with E-state index in [4.69, 9.17) is 13.3 Å². The van der Waals surface area contributed by atoms with Crippen molar-refractivity contribution in [2.45, 2.75) is 60.1 Å². The van der Waals surface area contributed by atoms with Crippen molar-refractivity contribution in [3.8, 4) is 0 Å². The van der Waals surface area contributed by atoms with Crippen molar-refractivity contribution in [2.75, 3.05) is 13.2 Å². The van der Waals surface area contributed by atoms with Crippen LogP contribution in [0.1, 0.15) is 48.0 Å². The van der Waals surface area contributed by atoms with Gasteiger partial charge in [0.2, 0.25) is 0 Å². The highest BCUT2D eigenvalue weighted by molar-refractivity contribution is 6.60. The molecule has 0 saturated carbocycles. The molecule has 102 valence electrons. The summed E-state index contributed by atoms with van der Waals surface area (Å²) in [6.45, 7) is 13.6. The van der Waals surface area contributed by atoms with Crippen molar-refractivity contribution in [2.24, 2.45) is 0 Å². The second-order valence-electron chi connectivity index (χ2n) is 4.37. The Morgan fingerprint density at radius 1 is 1.12 bits per heavy atom. The van der Waals surface area contributed by atoms with Gasteiger partial charge in [0.1, 0.15) is 0 Å². The van der Waals surface area contributed by atoms with Gasteiger partial charge in [-0.3, -0.25) is 0 Å². The lowest BCUT2D eigenvalue weighted by Crippen LogP contribution is -2.47. The van der Waals surface area contributed by atoms with Crippen LogP contribution in [0.25, 0.3) is 0 Å². The second kappa shape index (κ2) is 8.86. The van der Waals surface area contributed by atoms with Crippen LogP contribution >= 0.6 is 0 Å². The van der Waals surface area contributed by atoms with Gasteiger partial charge in [-0.05, 0) is 34.6 Å². The first-order valence-corrected chi connectivity index (χ1v) is 8.53. The molecule has 0 fully saturated rings. The van der Waals surface area contributed by atoms with Crippen LogP contribution in [0.2, 0.25) is 6.04 Å². The third-order valence-corrected chi connectivity index (χ3v) is 5.52. The van der Waals surface area contributed by atoms with Gasteiger partial charge < -0.3 is 13.3 Å². The van der Waals surface area contributed by atoms with E-state index in [1.54, 1.807) is 0 Å². The third kappa shape index (κ3) is 6.98. The maximum atomic E-state index is 6.09. The van der Waals surface area contributed by atoms with E-state index in [0.717, 1.165) is 12.5 Å². The highest BCUT2D eigenvalue weighted by Crippen LogP contribution is 2.20. The molecule has 1 unspecified atom stereocenters. The van der Waals surface area contributed by atoms with Crippen LogP contribution in [-0.2, 0) is 13.3 Å². The summed E-state index contributed by atoms with van der Waals surface area (Å²) >= 11 is 0. The molecular weight excluding hydrogens is 232 g/mol. The van der Waals surface area contributed by atoms with Crippen molar-refractivity contribution in [1.29, 1.82) is 0 Å². The lowest BCUT2D eigenvalue weighted by atomic mass is 10.2. The predicted molar refractivity (Wildman–Crippen MR) is 74.1 cm³/mol. The first-order valence-electron chi connectivity index (χ1n) is 6.60. The third-order valence-electron chi connectivity index (χ3n) is 2.22.